The van der Waals surface area contributed by atoms with E-state index in [1.54, 1.807) is 13.2 Å². The fraction of sp³-hybridized carbons (Fsp3) is 0.286. The lowest BCUT2D eigenvalue weighted by molar-refractivity contribution is 0.0837. The van der Waals surface area contributed by atoms with Crippen LogP contribution in [0.1, 0.15) is 12.0 Å². The Morgan fingerprint density at radius 3 is 2.81 bits per heavy atom. The van der Waals surface area contributed by atoms with E-state index in [4.69, 9.17) is 13.9 Å². The zero-order valence-electron chi connectivity index (χ0n) is 14.7. The third-order valence-electron chi connectivity index (χ3n) is 4.66. The molecular formula is C21H21NO4. The van der Waals surface area contributed by atoms with Crippen molar-refractivity contribution in [2.75, 3.05) is 27.0 Å². The molecule has 26 heavy (non-hydrogen) atoms. The summed E-state index contributed by atoms with van der Waals surface area (Å²) in [6, 6.07) is 15.4. The van der Waals surface area contributed by atoms with Gasteiger partial charge in [-0.2, -0.15) is 0 Å². The molecule has 0 fully saturated rings. The molecule has 0 amide bonds. The zero-order chi connectivity index (χ0) is 17.9. The zero-order valence-corrected chi connectivity index (χ0v) is 14.7. The third kappa shape index (κ3) is 3.23. The van der Waals surface area contributed by atoms with Gasteiger partial charge in [0.15, 0.2) is 0 Å². The molecule has 0 saturated heterocycles. The number of rotatable bonds is 5. The Morgan fingerprint density at radius 1 is 1.15 bits per heavy atom. The van der Waals surface area contributed by atoms with E-state index in [0.717, 1.165) is 40.8 Å². The summed E-state index contributed by atoms with van der Waals surface area (Å²) in [5.74, 6) is 0.786. The average Bonchev–Trinajstić information content (AvgIpc) is 2.68. The van der Waals surface area contributed by atoms with Gasteiger partial charge in [0.25, 0.3) is 0 Å². The van der Waals surface area contributed by atoms with E-state index in [-0.39, 0.29) is 5.63 Å². The van der Waals surface area contributed by atoms with Gasteiger partial charge in [0.1, 0.15) is 18.1 Å². The van der Waals surface area contributed by atoms with Crippen LogP contribution in [0, 0.1) is 0 Å². The highest BCUT2D eigenvalue weighted by molar-refractivity contribution is 5.95. The predicted octanol–water partition coefficient (Wildman–Crippen LogP) is 3.65. The second kappa shape index (κ2) is 7.32. The van der Waals surface area contributed by atoms with Crippen LogP contribution in [0.25, 0.3) is 22.1 Å². The highest BCUT2D eigenvalue weighted by Gasteiger charge is 2.22. The molecule has 0 spiro atoms. The lowest BCUT2D eigenvalue weighted by Gasteiger charge is -2.29. The smallest absolute Gasteiger partial charge is 0.336 e. The van der Waals surface area contributed by atoms with E-state index in [9.17, 15) is 4.79 Å². The number of benzene rings is 2. The number of fused-ring (bicyclic) bond motifs is 3. The van der Waals surface area contributed by atoms with Gasteiger partial charge < -0.3 is 13.9 Å². The van der Waals surface area contributed by atoms with Gasteiger partial charge in [-0.3, -0.25) is 4.90 Å². The summed E-state index contributed by atoms with van der Waals surface area (Å²) in [5, 5.41) is 0.928. The van der Waals surface area contributed by atoms with Crippen molar-refractivity contribution in [2.24, 2.45) is 0 Å². The van der Waals surface area contributed by atoms with Crippen LogP contribution in [-0.2, 0) is 11.3 Å². The first-order valence-electron chi connectivity index (χ1n) is 8.75. The van der Waals surface area contributed by atoms with Crippen LogP contribution < -0.4 is 10.4 Å². The molecule has 0 unspecified atom stereocenters. The molecule has 5 heteroatoms. The Morgan fingerprint density at radius 2 is 2.00 bits per heavy atom. The van der Waals surface area contributed by atoms with Crippen molar-refractivity contribution >= 4 is 11.0 Å². The van der Waals surface area contributed by atoms with Crippen molar-refractivity contribution in [3.05, 3.63) is 64.5 Å². The summed E-state index contributed by atoms with van der Waals surface area (Å²) in [4.78, 5) is 14.4. The monoisotopic (exact) mass is 351 g/mol. The quantitative estimate of drug-likeness (QED) is 0.519. The highest BCUT2D eigenvalue weighted by Crippen LogP contribution is 2.35. The first-order valence-corrected chi connectivity index (χ1v) is 8.75. The SMILES string of the molecule is COCCCN1COc2ccc3c(-c4ccccc4)cc(=O)oc3c2C1. The molecule has 3 aromatic rings. The second-order valence-electron chi connectivity index (χ2n) is 6.44. The summed E-state index contributed by atoms with van der Waals surface area (Å²) in [5.41, 5.74) is 3.09. The summed E-state index contributed by atoms with van der Waals surface area (Å²) in [7, 11) is 1.70. The maximum absolute atomic E-state index is 12.2. The Labute approximate surface area is 151 Å². The van der Waals surface area contributed by atoms with Crippen molar-refractivity contribution in [2.45, 2.75) is 13.0 Å². The number of hydrogen-bond donors (Lipinski definition) is 0. The van der Waals surface area contributed by atoms with Gasteiger partial charge in [0, 0.05) is 38.3 Å². The van der Waals surface area contributed by atoms with E-state index in [1.807, 2.05) is 42.5 Å². The normalized spacial score (nSPS) is 14.2. The minimum atomic E-state index is -0.346. The molecule has 0 saturated carbocycles. The average molecular weight is 351 g/mol. The summed E-state index contributed by atoms with van der Waals surface area (Å²) >= 11 is 0. The third-order valence-corrected chi connectivity index (χ3v) is 4.66. The van der Waals surface area contributed by atoms with Crippen LogP contribution in [0.5, 0.6) is 5.75 Å². The standard InChI is InChI=1S/C21H21NO4/c1-24-11-5-10-22-13-18-19(25-14-22)9-8-16-17(12-20(23)26-21(16)18)15-6-3-2-4-7-15/h2-4,6-9,12H,5,10-11,13-14H2,1H3. The minimum Gasteiger partial charge on any atom is -0.478 e. The van der Waals surface area contributed by atoms with Crippen LogP contribution in [0.3, 0.4) is 0 Å². The summed E-state index contributed by atoms with van der Waals surface area (Å²) in [6.45, 7) is 2.81. The number of hydrogen-bond acceptors (Lipinski definition) is 5. The van der Waals surface area contributed by atoms with Crippen molar-refractivity contribution < 1.29 is 13.9 Å². The van der Waals surface area contributed by atoms with Crippen LogP contribution >= 0.6 is 0 Å². The maximum Gasteiger partial charge on any atom is 0.336 e. The molecule has 0 atom stereocenters. The largest absolute Gasteiger partial charge is 0.478 e. The maximum atomic E-state index is 12.2. The van der Waals surface area contributed by atoms with Crippen molar-refractivity contribution in [1.29, 1.82) is 0 Å². The van der Waals surface area contributed by atoms with Crippen molar-refractivity contribution in [1.82, 2.24) is 4.90 Å². The van der Waals surface area contributed by atoms with Gasteiger partial charge in [-0.15, -0.1) is 0 Å². The molecule has 5 nitrogen and oxygen atoms in total. The predicted molar refractivity (Wildman–Crippen MR) is 100 cm³/mol. The first-order chi connectivity index (χ1) is 12.8. The van der Waals surface area contributed by atoms with E-state index in [1.165, 1.54) is 0 Å². The number of methoxy groups -OCH3 is 1. The summed E-state index contributed by atoms with van der Waals surface area (Å²) in [6.07, 6.45) is 0.930. The number of ether oxygens (including phenoxy) is 2. The van der Waals surface area contributed by atoms with Crippen LogP contribution in [-0.4, -0.2) is 31.9 Å². The molecule has 0 bridgehead atoms. The Hall–Kier alpha value is -2.63. The molecule has 2 heterocycles. The Balaban J connectivity index is 1.78. The lowest BCUT2D eigenvalue weighted by atomic mass is 9.99. The van der Waals surface area contributed by atoms with Gasteiger partial charge in [-0.1, -0.05) is 30.3 Å². The van der Waals surface area contributed by atoms with Crippen molar-refractivity contribution in [3.8, 4) is 16.9 Å². The van der Waals surface area contributed by atoms with Gasteiger partial charge in [0.2, 0.25) is 0 Å². The van der Waals surface area contributed by atoms with E-state index in [2.05, 4.69) is 4.90 Å². The fourth-order valence-electron chi connectivity index (χ4n) is 3.41. The van der Waals surface area contributed by atoms with Crippen molar-refractivity contribution in [3.63, 3.8) is 0 Å². The Kier molecular flexibility index (Phi) is 4.73. The van der Waals surface area contributed by atoms with Gasteiger partial charge >= 0.3 is 5.63 Å². The fourth-order valence-corrected chi connectivity index (χ4v) is 3.41. The molecule has 1 aliphatic rings. The van der Waals surface area contributed by atoms with Gasteiger partial charge in [-0.05, 0) is 29.7 Å². The molecule has 134 valence electrons. The molecule has 1 aliphatic heterocycles. The summed E-state index contributed by atoms with van der Waals surface area (Å²) < 4.78 is 16.6. The topological polar surface area (TPSA) is 51.9 Å². The van der Waals surface area contributed by atoms with E-state index >= 15 is 0 Å². The number of nitrogens with zero attached hydrogens (tertiary/aromatic N) is 1. The van der Waals surface area contributed by atoms with Crippen LogP contribution in [0.4, 0.5) is 0 Å². The van der Waals surface area contributed by atoms with Crippen LogP contribution in [0.15, 0.2) is 57.7 Å². The molecule has 0 aliphatic carbocycles. The molecule has 0 N–H and O–H groups in total. The highest BCUT2D eigenvalue weighted by atomic mass is 16.5. The Bertz CT molecular complexity index is 965. The first kappa shape index (κ1) is 16.8. The molecule has 0 radical (unpaired) electrons. The molecule has 4 rings (SSSR count). The van der Waals surface area contributed by atoms with Crippen LogP contribution in [0.2, 0.25) is 0 Å². The molecule has 1 aromatic heterocycles. The van der Waals surface area contributed by atoms with Gasteiger partial charge in [-0.25, -0.2) is 4.79 Å². The van der Waals surface area contributed by atoms with E-state index < -0.39 is 0 Å². The van der Waals surface area contributed by atoms with E-state index in [0.29, 0.717) is 25.5 Å². The molecule has 2 aromatic carbocycles. The second-order valence-corrected chi connectivity index (χ2v) is 6.44. The lowest BCUT2D eigenvalue weighted by Crippen LogP contribution is -2.33. The minimum absolute atomic E-state index is 0.346. The van der Waals surface area contributed by atoms with Gasteiger partial charge in [0.05, 0.1) is 5.56 Å². The molecular weight excluding hydrogens is 330 g/mol.